The molecule has 2 aromatic carbocycles. The van der Waals surface area contributed by atoms with Crippen LogP contribution in [0.5, 0.6) is 0 Å². The summed E-state index contributed by atoms with van der Waals surface area (Å²) in [5.41, 5.74) is 4.86. The molecule has 2 aromatic rings. The van der Waals surface area contributed by atoms with Crippen LogP contribution in [0.25, 0.3) is 0 Å². The first-order valence-electron chi connectivity index (χ1n) is 12.0. The van der Waals surface area contributed by atoms with Gasteiger partial charge < -0.3 is 9.80 Å². The Morgan fingerprint density at radius 1 is 1.22 bits per heavy atom. The molecule has 7 heteroatoms. The number of nitrogens with one attached hydrogen (secondary N) is 1. The average molecular weight is 504 g/mol. The summed E-state index contributed by atoms with van der Waals surface area (Å²) in [7, 11) is 2.04. The molecule has 0 aliphatic carbocycles. The quantitative estimate of drug-likeness (QED) is 0.332. The van der Waals surface area contributed by atoms with E-state index in [4.69, 9.17) is 22.9 Å². The zero-order valence-corrected chi connectivity index (χ0v) is 21.0. The highest BCUT2D eigenvalue weighted by Crippen LogP contribution is 2.38. The lowest BCUT2D eigenvalue weighted by atomic mass is 9.80. The molecular weight excluding hydrogens is 474 g/mol. The fourth-order valence-corrected chi connectivity index (χ4v) is 5.19. The van der Waals surface area contributed by atoms with Gasteiger partial charge in [-0.1, -0.05) is 72.1 Å². The minimum atomic E-state index is -0.611. The van der Waals surface area contributed by atoms with Gasteiger partial charge in [0.15, 0.2) is 0 Å². The zero-order valence-electron chi connectivity index (χ0n) is 20.3. The van der Waals surface area contributed by atoms with Crippen LogP contribution in [-0.4, -0.2) is 53.8 Å². The molecule has 3 atom stereocenters. The monoisotopic (exact) mass is 503 g/mol. The summed E-state index contributed by atoms with van der Waals surface area (Å²) >= 11 is 6.16. The van der Waals surface area contributed by atoms with E-state index in [0.717, 1.165) is 25.1 Å². The number of rotatable bonds is 8. The van der Waals surface area contributed by atoms with Crippen molar-refractivity contribution < 1.29 is 14.4 Å². The Hall–Kier alpha value is -3.37. The van der Waals surface area contributed by atoms with E-state index < -0.39 is 12.0 Å². The first-order chi connectivity index (χ1) is 17.5. The Morgan fingerprint density at radius 3 is 2.69 bits per heavy atom. The summed E-state index contributed by atoms with van der Waals surface area (Å²) < 4.78 is 0. The maximum atomic E-state index is 13.7. The molecule has 1 saturated heterocycles. The van der Waals surface area contributed by atoms with Crippen LogP contribution in [0.1, 0.15) is 40.2 Å². The minimum Gasteiger partial charge on any atom is -0.330 e. The van der Waals surface area contributed by atoms with E-state index in [2.05, 4.69) is 16.3 Å². The maximum absolute atomic E-state index is 13.7. The molecule has 1 N–H and O–H groups in total. The van der Waals surface area contributed by atoms with Gasteiger partial charge >= 0.3 is 0 Å². The summed E-state index contributed by atoms with van der Waals surface area (Å²) in [4.78, 5) is 37.1. The van der Waals surface area contributed by atoms with Crippen LogP contribution in [0.3, 0.4) is 0 Å². The molecular formula is C29H30ClN3O3. The lowest BCUT2D eigenvalue weighted by Crippen LogP contribution is -2.56. The molecule has 0 aromatic heterocycles. The fourth-order valence-electron chi connectivity index (χ4n) is 5.04. The van der Waals surface area contributed by atoms with Crippen LogP contribution in [-0.2, 0) is 16.2 Å². The smallest absolute Gasteiger partial charge is 0.254 e. The summed E-state index contributed by atoms with van der Waals surface area (Å²) in [5.74, 6) is 1.45. The largest absolute Gasteiger partial charge is 0.330 e. The molecule has 4 rings (SSSR count). The van der Waals surface area contributed by atoms with Crippen LogP contribution >= 0.6 is 11.6 Å². The Kier molecular flexibility index (Phi) is 8.61. The number of likely N-dealkylation sites (tertiary alicyclic amines) is 1. The number of likely N-dealkylation sites (N-methyl/N-ethyl adjacent to an activating group) is 1. The van der Waals surface area contributed by atoms with Gasteiger partial charge in [-0.25, -0.2) is 5.48 Å². The number of benzene rings is 2. The molecule has 0 spiro atoms. The average Bonchev–Trinajstić information content (AvgIpc) is 3.30. The van der Waals surface area contributed by atoms with E-state index in [-0.39, 0.29) is 24.5 Å². The highest BCUT2D eigenvalue weighted by molar-refractivity contribution is 6.31. The van der Waals surface area contributed by atoms with Crippen molar-refractivity contribution in [1.29, 1.82) is 0 Å². The second-order valence-electron chi connectivity index (χ2n) is 9.12. The number of hydrogen-bond donors (Lipinski definition) is 1. The number of carbonyl (C=O) groups is 2. The highest BCUT2D eigenvalue weighted by atomic mass is 35.5. The Bertz CT molecular complexity index is 1190. The van der Waals surface area contributed by atoms with Gasteiger partial charge in [-0.3, -0.25) is 14.4 Å². The molecule has 0 radical (unpaired) electrons. The Morgan fingerprint density at radius 2 is 1.97 bits per heavy atom. The van der Waals surface area contributed by atoms with Gasteiger partial charge in [0.1, 0.15) is 0 Å². The highest BCUT2D eigenvalue weighted by Gasteiger charge is 2.46. The molecule has 2 heterocycles. The normalized spacial score (nSPS) is 22.5. The molecule has 0 saturated carbocycles. The van der Waals surface area contributed by atoms with Crippen molar-refractivity contribution in [3.63, 3.8) is 0 Å². The third kappa shape index (κ3) is 5.88. The minimum absolute atomic E-state index is 0.00603. The third-order valence-electron chi connectivity index (χ3n) is 6.68. The van der Waals surface area contributed by atoms with E-state index in [0.29, 0.717) is 22.6 Å². The van der Waals surface area contributed by atoms with Crippen LogP contribution in [0.4, 0.5) is 0 Å². The number of halogens is 1. The van der Waals surface area contributed by atoms with Gasteiger partial charge in [0.2, 0.25) is 0 Å². The SMILES string of the molecule is C#C/C=C(Cl)\C=C/C[C@H]1[C@H](C(=O)NOCc2ccccc2)c2ccccc2C(=O)N1[C@H]1CCN(C)C1. The van der Waals surface area contributed by atoms with Gasteiger partial charge in [-0.2, -0.15) is 0 Å². The Balaban J connectivity index is 1.65. The molecule has 2 amide bonds. The third-order valence-corrected chi connectivity index (χ3v) is 6.91. The molecule has 186 valence electrons. The van der Waals surface area contributed by atoms with E-state index >= 15 is 0 Å². The molecule has 6 nitrogen and oxygen atoms in total. The number of hydroxylamine groups is 1. The van der Waals surface area contributed by atoms with Gasteiger partial charge in [0.25, 0.3) is 11.8 Å². The number of hydrogen-bond acceptors (Lipinski definition) is 4. The topological polar surface area (TPSA) is 61.9 Å². The second kappa shape index (κ2) is 12.0. The lowest BCUT2D eigenvalue weighted by Gasteiger charge is -2.44. The van der Waals surface area contributed by atoms with E-state index in [1.165, 1.54) is 6.08 Å². The first-order valence-corrected chi connectivity index (χ1v) is 12.4. The van der Waals surface area contributed by atoms with Gasteiger partial charge in [0, 0.05) is 29.3 Å². The molecule has 1 fully saturated rings. The van der Waals surface area contributed by atoms with Crippen molar-refractivity contribution in [3.8, 4) is 12.3 Å². The van der Waals surface area contributed by atoms with Crippen molar-refractivity contribution in [2.75, 3.05) is 20.1 Å². The summed E-state index contributed by atoms with van der Waals surface area (Å²) in [5, 5.41) is 0.416. The molecule has 0 bridgehead atoms. The van der Waals surface area contributed by atoms with Crippen molar-refractivity contribution in [2.45, 2.75) is 37.5 Å². The standard InChI is InChI=1S/C29H30ClN3O3/c1-3-10-22(30)13-9-16-26-27(28(34)31-36-20-21-11-5-4-6-12-21)24-14-7-8-15-25(24)29(35)33(26)23-17-18-32(2)19-23/h1,4-15,23,26-27H,16-20H2,2H3,(H,31,34)/b13-9-,22-10+/t23-,26-,27+/m0/s1. The van der Waals surface area contributed by atoms with Gasteiger partial charge in [-0.05, 0) is 49.7 Å². The predicted octanol–water partition coefficient (Wildman–Crippen LogP) is 4.25. The van der Waals surface area contributed by atoms with Crippen molar-refractivity contribution in [2.24, 2.45) is 0 Å². The molecule has 2 aliphatic rings. The van der Waals surface area contributed by atoms with Crippen molar-refractivity contribution in [3.05, 3.63) is 94.5 Å². The van der Waals surface area contributed by atoms with Crippen LogP contribution < -0.4 is 5.48 Å². The van der Waals surface area contributed by atoms with Crippen LogP contribution in [0.15, 0.2) is 77.9 Å². The number of fused-ring (bicyclic) bond motifs is 1. The van der Waals surface area contributed by atoms with Crippen molar-refractivity contribution >= 4 is 23.4 Å². The first kappa shape index (κ1) is 25.7. The van der Waals surface area contributed by atoms with E-state index in [1.807, 2.05) is 66.6 Å². The van der Waals surface area contributed by atoms with Crippen LogP contribution in [0.2, 0.25) is 0 Å². The number of amides is 2. The zero-order chi connectivity index (χ0) is 25.5. The molecule has 2 aliphatic heterocycles. The second-order valence-corrected chi connectivity index (χ2v) is 9.56. The molecule has 36 heavy (non-hydrogen) atoms. The van der Waals surface area contributed by atoms with E-state index in [9.17, 15) is 9.59 Å². The summed E-state index contributed by atoms with van der Waals surface area (Å²) in [6.07, 6.45) is 11.7. The number of allylic oxidation sites excluding steroid dienone is 3. The van der Waals surface area contributed by atoms with Gasteiger partial charge in [0.05, 0.1) is 18.6 Å². The summed E-state index contributed by atoms with van der Waals surface area (Å²) in [6.45, 7) is 1.89. The number of terminal acetylenes is 1. The Labute approximate surface area is 217 Å². The fraction of sp³-hybridized carbons (Fsp3) is 0.310. The lowest BCUT2D eigenvalue weighted by molar-refractivity contribution is -0.138. The number of nitrogens with zero attached hydrogens (tertiary/aromatic N) is 2. The van der Waals surface area contributed by atoms with E-state index in [1.54, 1.807) is 12.1 Å². The summed E-state index contributed by atoms with van der Waals surface area (Å²) in [6, 6.07) is 16.6. The number of carbonyl (C=O) groups excluding carboxylic acids is 2. The molecule has 0 unspecified atom stereocenters. The predicted molar refractivity (Wildman–Crippen MR) is 141 cm³/mol. The van der Waals surface area contributed by atoms with Crippen LogP contribution in [0, 0.1) is 12.3 Å². The van der Waals surface area contributed by atoms with Gasteiger partial charge in [-0.15, -0.1) is 6.42 Å². The maximum Gasteiger partial charge on any atom is 0.254 e. The van der Waals surface area contributed by atoms with Crippen molar-refractivity contribution in [1.82, 2.24) is 15.3 Å².